The Hall–Kier alpha value is -2.61. The SMILES string of the molecule is COc1cc(CN2CCn3nnc(CCC(=O)N4CCCC4)c3C2)ccc1OC(C)C. The van der Waals surface area contributed by atoms with Gasteiger partial charge in [0.1, 0.15) is 0 Å². The van der Waals surface area contributed by atoms with Crippen LogP contribution in [0.4, 0.5) is 0 Å². The van der Waals surface area contributed by atoms with Gasteiger partial charge >= 0.3 is 0 Å². The van der Waals surface area contributed by atoms with Gasteiger partial charge in [0.2, 0.25) is 5.91 Å². The van der Waals surface area contributed by atoms with E-state index in [-0.39, 0.29) is 12.0 Å². The molecule has 0 aliphatic carbocycles. The highest BCUT2D eigenvalue weighted by atomic mass is 16.5. The van der Waals surface area contributed by atoms with Crippen LogP contribution < -0.4 is 9.47 Å². The van der Waals surface area contributed by atoms with E-state index in [0.29, 0.717) is 12.8 Å². The molecule has 0 atom stereocenters. The van der Waals surface area contributed by atoms with E-state index in [0.717, 1.165) is 75.0 Å². The summed E-state index contributed by atoms with van der Waals surface area (Å²) in [5, 5.41) is 8.70. The molecule has 2 aromatic rings. The topological polar surface area (TPSA) is 72.7 Å². The smallest absolute Gasteiger partial charge is 0.222 e. The second-order valence-corrected chi connectivity index (χ2v) is 8.66. The molecular weight excluding hydrogens is 394 g/mol. The van der Waals surface area contributed by atoms with Crippen molar-refractivity contribution in [1.82, 2.24) is 24.8 Å². The lowest BCUT2D eigenvalue weighted by molar-refractivity contribution is -0.130. The molecule has 0 bridgehead atoms. The van der Waals surface area contributed by atoms with Crippen molar-refractivity contribution in [2.24, 2.45) is 0 Å². The average Bonchev–Trinajstić information content (AvgIpc) is 3.43. The molecule has 168 valence electrons. The summed E-state index contributed by atoms with van der Waals surface area (Å²) in [5.74, 6) is 1.77. The zero-order chi connectivity index (χ0) is 21.8. The maximum absolute atomic E-state index is 12.4. The van der Waals surface area contributed by atoms with Gasteiger partial charge in [0, 0.05) is 45.6 Å². The van der Waals surface area contributed by atoms with Gasteiger partial charge in [-0.05, 0) is 44.4 Å². The molecule has 0 radical (unpaired) electrons. The monoisotopic (exact) mass is 427 g/mol. The molecule has 31 heavy (non-hydrogen) atoms. The van der Waals surface area contributed by atoms with Crippen molar-refractivity contribution < 1.29 is 14.3 Å². The molecule has 1 saturated heterocycles. The maximum atomic E-state index is 12.4. The van der Waals surface area contributed by atoms with Crippen molar-refractivity contribution >= 4 is 5.91 Å². The average molecular weight is 428 g/mol. The van der Waals surface area contributed by atoms with E-state index >= 15 is 0 Å². The minimum atomic E-state index is 0.102. The highest BCUT2D eigenvalue weighted by Crippen LogP contribution is 2.30. The summed E-state index contributed by atoms with van der Waals surface area (Å²) in [6, 6.07) is 6.14. The largest absolute Gasteiger partial charge is 0.493 e. The van der Waals surface area contributed by atoms with Crippen LogP contribution in [0.1, 0.15) is 50.1 Å². The molecule has 0 saturated carbocycles. The molecule has 2 aliphatic rings. The molecule has 8 nitrogen and oxygen atoms in total. The lowest BCUT2D eigenvalue weighted by Gasteiger charge is -2.28. The quantitative estimate of drug-likeness (QED) is 0.645. The summed E-state index contributed by atoms with van der Waals surface area (Å²) in [7, 11) is 1.67. The fourth-order valence-electron chi connectivity index (χ4n) is 4.35. The van der Waals surface area contributed by atoms with Gasteiger partial charge in [0.25, 0.3) is 0 Å². The first-order valence-corrected chi connectivity index (χ1v) is 11.3. The van der Waals surface area contributed by atoms with E-state index in [1.54, 1.807) is 7.11 Å². The van der Waals surface area contributed by atoms with Gasteiger partial charge in [-0.15, -0.1) is 5.10 Å². The van der Waals surface area contributed by atoms with Gasteiger partial charge in [-0.3, -0.25) is 9.69 Å². The molecule has 0 unspecified atom stereocenters. The van der Waals surface area contributed by atoms with Crippen LogP contribution in [0, 0.1) is 0 Å². The van der Waals surface area contributed by atoms with Crippen LogP contribution in [0.25, 0.3) is 0 Å². The van der Waals surface area contributed by atoms with Crippen molar-refractivity contribution in [2.45, 2.75) is 65.3 Å². The highest BCUT2D eigenvalue weighted by Gasteiger charge is 2.24. The van der Waals surface area contributed by atoms with Crippen molar-refractivity contribution in [3.63, 3.8) is 0 Å². The summed E-state index contributed by atoms with van der Waals surface area (Å²) in [6.07, 6.45) is 3.52. The standard InChI is InChI=1S/C23H33N5O3/c1-17(2)31-21-8-6-18(14-22(21)30-3)15-26-12-13-28-20(16-26)19(24-25-28)7-9-23(29)27-10-4-5-11-27/h6,8,14,17H,4-5,7,9-13,15-16H2,1-3H3. The second-order valence-electron chi connectivity index (χ2n) is 8.66. The fraction of sp³-hybridized carbons (Fsp3) is 0.609. The van der Waals surface area contributed by atoms with E-state index in [9.17, 15) is 4.79 Å². The number of nitrogens with zero attached hydrogens (tertiary/aromatic N) is 5. The third-order valence-corrected chi connectivity index (χ3v) is 5.95. The van der Waals surface area contributed by atoms with Crippen LogP contribution in [0.3, 0.4) is 0 Å². The van der Waals surface area contributed by atoms with Gasteiger partial charge in [-0.1, -0.05) is 11.3 Å². The number of ether oxygens (including phenoxy) is 2. The Kier molecular flexibility index (Phi) is 6.75. The summed E-state index contributed by atoms with van der Waals surface area (Å²) >= 11 is 0. The van der Waals surface area contributed by atoms with E-state index in [1.165, 1.54) is 5.56 Å². The van der Waals surface area contributed by atoms with E-state index in [2.05, 4.69) is 27.3 Å². The first-order chi connectivity index (χ1) is 15.0. The van der Waals surface area contributed by atoms with Gasteiger partial charge in [0.05, 0.1) is 31.1 Å². The Labute approximate surface area is 184 Å². The summed E-state index contributed by atoms with van der Waals surface area (Å²) < 4.78 is 13.4. The van der Waals surface area contributed by atoms with Crippen molar-refractivity contribution in [2.75, 3.05) is 26.7 Å². The molecular formula is C23H33N5O3. The molecule has 1 fully saturated rings. The number of carbonyl (C=O) groups excluding carboxylic acids is 1. The number of benzene rings is 1. The normalized spacial score (nSPS) is 16.6. The predicted octanol–water partition coefficient (Wildman–Crippen LogP) is 2.64. The molecule has 1 aromatic heterocycles. The van der Waals surface area contributed by atoms with E-state index < -0.39 is 0 Å². The third-order valence-electron chi connectivity index (χ3n) is 5.95. The lowest BCUT2D eigenvalue weighted by atomic mass is 10.1. The van der Waals surface area contributed by atoms with Crippen molar-refractivity contribution in [3.05, 3.63) is 35.2 Å². The summed E-state index contributed by atoms with van der Waals surface area (Å²) in [5.41, 5.74) is 3.27. The minimum absolute atomic E-state index is 0.102. The van der Waals surface area contributed by atoms with Crippen LogP contribution in [0.15, 0.2) is 18.2 Å². The number of hydrogen-bond acceptors (Lipinski definition) is 6. The Morgan fingerprint density at radius 2 is 1.94 bits per heavy atom. The summed E-state index contributed by atoms with van der Waals surface area (Å²) in [4.78, 5) is 16.8. The predicted molar refractivity (Wildman–Crippen MR) is 117 cm³/mol. The number of aryl methyl sites for hydroxylation is 1. The van der Waals surface area contributed by atoms with Crippen LogP contribution >= 0.6 is 0 Å². The van der Waals surface area contributed by atoms with Crippen LogP contribution in [0.5, 0.6) is 11.5 Å². The van der Waals surface area contributed by atoms with Crippen LogP contribution in [-0.4, -0.2) is 63.5 Å². The van der Waals surface area contributed by atoms with E-state index in [4.69, 9.17) is 9.47 Å². The Morgan fingerprint density at radius 1 is 1.13 bits per heavy atom. The third kappa shape index (κ3) is 5.18. The Morgan fingerprint density at radius 3 is 2.68 bits per heavy atom. The molecule has 4 rings (SSSR count). The number of methoxy groups -OCH3 is 1. The second kappa shape index (κ2) is 9.68. The first-order valence-electron chi connectivity index (χ1n) is 11.3. The number of amides is 1. The number of hydrogen-bond donors (Lipinski definition) is 0. The molecule has 3 heterocycles. The molecule has 2 aliphatic heterocycles. The first kappa shape index (κ1) is 21.6. The molecule has 8 heteroatoms. The van der Waals surface area contributed by atoms with Gasteiger partial charge in [0.15, 0.2) is 11.5 Å². The Balaban J connectivity index is 1.38. The Bertz CT molecular complexity index is 905. The van der Waals surface area contributed by atoms with Crippen LogP contribution in [-0.2, 0) is 30.8 Å². The van der Waals surface area contributed by atoms with Crippen molar-refractivity contribution in [1.29, 1.82) is 0 Å². The zero-order valence-electron chi connectivity index (χ0n) is 18.8. The highest BCUT2D eigenvalue weighted by molar-refractivity contribution is 5.76. The lowest BCUT2D eigenvalue weighted by Crippen LogP contribution is -2.34. The number of rotatable bonds is 8. The van der Waals surface area contributed by atoms with Gasteiger partial charge in [-0.2, -0.15) is 0 Å². The molecule has 0 spiro atoms. The van der Waals surface area contributed by atoms with Crippen LogP contribution in [0.2, 0.25) is 0 Å². The summed E-state index contributed by atoms with van der Waals surface area (Å²) in [6.45, 7) is 9.14. The number of fused-ring (bicyclic) bond motifs is 1. The number of aromatic nitrogens is 3. The number of carbonyl (C=O) groups is 1. The van der Waals surface area contributed by atoms with Gasteiger partial charge < -0.3 is 14.4 Å². The van der Waals surface area contributed by atoms with Gasteiger partial charge in [-0.25, -0.2) is 4.68 Å². The molecule has 1 aromatic carbocycles. The maximum Gasteiger partial charge on any atom is 0.222 e. The molecule has 0 N–H and O–H groups in total. The number of likely N-dealkylation sites (tertiary alicyclic amines) is 1. The molecule has 1 amide bonds. The zero-order valence-corrected chi connectivity index (χ0v) is 18.8. The van der Waals surface area contributed by atoms with Crippen molar-refractivity contribution in [3.8, 4) is 11.5 Å². The van der Waals surface area contributed by atoms with E-state index in [1.807, 2.05) is 29.5 Å². The minimum Gasteiger partial charge on any atom is -0.493 e. The fourth-order valence-corrected chi connectivity index (χ4v) is 4.35.